The minimum atomic E-state index is -0.547. The van der Waals surface area contributed by atoms with Crippen molar-refractivity contribution in [3.63, 3.8) is 0 Å². The third kappa shape index (κ3) is 5.32. The molecule has 12 rings (SSSR count). The summed E-state index contributed by atoms with van der Waals surface area (Å²) < 4.78 is 0. The van der Waals surface area contributed by atoms with Crippen molar-refractivity contribution in [2.75, 3.05) is 4.90 Å². The van der Waals surface area contributed by atoms with E-state index in [-0.39, 0.29) is 5.41 Å². The van der Waals surface area contributed by atoms with Crippen LogP contribution in [0.5, 0.6) is 0 Å². The molecular formula is C62H45N. The van der Waals surface area contributed by atoms with Gasteiger partial charge < -0.3 is 4.90 Å². The fourth-order valence-electron chi connectivity index (χ4n) is 11.4. The second-order valence-corrected chi connectivity index (χ2v) is 17.9. The van der Waals surface area contributed by atoms with Crippen molar-refractivity contribution in [1.29, 1.82) is 0 Å². The molecule has 3 aliphatic carbocycles. The highest BCUT2D eigenvalue weighted by Crippen LogP contribution is 2.65. The van der Waals surface area contributed by atoms with Gasteiger partial charge in [0.05, 0.1) is 5.41 Å². The number of anilines is 3. The van der Waals surface area contributed by atoms with E-state index in [2.05, 4.69) is 232 Å². The van der Waals surface area contributed by atoms with Gasteiger partial charge in [-0.1, -0.05) is 178 Å². The summed E-state index contributed by atoms with van der Waals surface area (Å²) in [5.74, 6) is 2.99. The highest BCUT2D eigenvalue weighted by molar-refractivity contribution is 5.99. The van der Waals surface area contributed by atoms with E-state index in [1.807, 2.05) is 0 Å². The topological polar surface area (TPSA) is 3.24 Å². The number of aryl methyl sites for hydroxylation is 1. The van der Waals surface area contributed by atoms with Gasteiger partial charge in [0.2, 0.25) is 0 Å². The average Bonchev–Trinajstić information content (AvgIpc) is 3.89. The minimum Gasteiger partial charge on any atom is -0.310 e. The number of nitrogens with zero attached hydrogens (tertiary/aromatic N) is 1. The van der Waals surface area contributed by atoms with Crippen LogP contribution >= 0.6 is 0 Å². The van der Waals surface area contributed by atoms with Crippen molar-refractivity contribution in [1.82, 2.24) is 0 Å². The summed E-state index contributed by atoms with van der Waals surface area (Å²) >= 11 is 0. The van der Waals surface area contributed by atoms with Crippen LogP contribution in [-0.4, -0.2) is 0 Å². The predicted molar refractivity (Wildman–Crippen MR) is 263 cm³/mol. The molecule has 63 heavy (non-hydrogen) atoms. The zero-order chi connectivity index (χ0) is 42.5. The average molecular weight is 804 g/mol. The van der Waals surface area contributed by atoms with Crippen LogP contribution in [0.2, 0.25) is 0 Å². The highest BCUT2D eigenvalue weighted by atomic mass is 15.1. The third-order valence-electron chi connectivity index (χ3n) is 14.3. The van der Waals surface area contributed by atoms with Gasteiger partial charge in [-0.25, -0.2) is 0 Å². The maximum absolute atomic E-state index is 6.18. The maximum Gasteiger partial charge on any atom is 0.0732 e. The number of rotatable bonds is 6. The first-order chi connectivity index (χ1) is 30.9. The monoisotopic (exact) mass is 803 g/mol. The lowest BCUT2D eigenvalue weighted by atomic mass is 9.68. The Morgan fingerprint density at radius 1 is 0.413 bits per heavy atom. The van der Waals surface area contributed by atoms with E-state index in [1.165, 1.54) is 94.6 Å². The summed E-state index contributed by atoms with van der Waals surface area (Å²) in [5.41, 5.74) is 25.4. The van der Waals surface area contributed by atoms with Crippen LogP contribution < -0.4 is 4.90 Å². The molecule has 9 aromatic rings. The van der Waals surface area contributed by atoms with E-state index in [9.17, 15) is 0 Å². The van der Waals surface area contributed by atoms with Gasteiger partial charge in [0.1, 0.15) is 0 Å². The number of benzene rings is 9. The number of fused-ring (bicyclic) bond motifs is 13. The second kappa shape index (κ2) is 13.9. The first kappa shape index (κ1) is 37.1. The van der Waals surface area contributed by atoms with Crippen LogP contribution in [0.1, 0.15) is 65.3 Å². The Kier molecular flexibility index (Phi) is 8.21. The summed E-state index contributed by atoms with van der Waals surface area (Å²) in [7, 11) is 0. The Hall–Kier alpha value is -7.66. The van der Waals surface area contributed by atoms with E-state index in [0.29, 0.717) is 0 Å². The molecule has 1 unspecified atom stereocenters. The Morgan fingerprint density at radius 2 is 0.968 bits per heavy atom. The molecule has 0 amide bonds. The van der Waals surface area contributed by atoms with E-state index in [1.54, 1.807) is 0 Å². The fourth-order valence-corrected chi connectivity index (χ4v) is 11.4. The van der Waals surface area contributed by atoms with Gasteiger partial charge in [-0.05, 0) is 150 Å². The SMILES string of the molecule is C#Cc1ccc2c(c1)C1(c3cc(CC)ccc3-2)c2ccccc2-c2cccc(-c3cccc(N(c4ccc(-c5ccccc5)cc4)c4ccc5c(c4)C(C)(C)c4ccccc4-5)c3)c21. The van der Waals surface area contributed by atoms with Gasteiger partial charge in [0.25, 0.3) is 0 Å². The summed E-state index contributed by atoms with van der Waals surface area (Å²) in [6.45, 7) is 6.97. The minimum absolute atomic E-state index is 0.134. The standard InChI is InChI=1S/C62H45N/c1-5-40-26-33-52-53-34-27-41(6-2)37-59(53)62(58(52)36-40)56-25-13-11-21-50(56)54-23-15-22-48(60(54)62)44-18-14-19-46(38-44)63(45-30-28-43(29-31-45)42-16-8-7-9-17-42)47-32-35-51-49-20-10-12-24-55(49)61(3,4)57(51)39-47/h1,7-39H,6H2,2-4H3. The van der Waals surface area contributed by atoms with Gasteiger partial charge in [-0.2, -0.15) is 0 Å². The summed E-state index contributed by atoms with van der Waals surface area (Å²) in [5, 5.41) is 0. The molecule has 1 nitrogen and oxygen atoms in total. The Morgan fingerprint density at radius 3 is 1.75 bits per heavy atom. The molecule has 0 N–H and O–H groups in total. The molecule has 298 valence electrons. The molecule has 0 heterocycles. The van der Waals surface area contributed by atoms with Crippen LogP contribution in [0.25, 0.3) is 55.6 Å². The molecular weight excluding hydrogens is 759 g/mol. The van der Waals surface area contributed by atoms with Gasteiger partial charge in [-0.15, -0.1) is 6.42 Å². The molecule has 0 saturated carbocycles. The summed E-state index contributed by atoms with van der Waals surface area (Å²) in [4.78, 5) is 2.44. The number of terminal acetylenes is 1. The quantitative estimate of drug-likeness (QED) is 0.151. The lowest BCUT2D eigenvalue weighted by Gasteiger charge is -2.33. The van der Waals surface area contributed by atoms with E-state index < -0.39 is 5.41 Å². The van der Waals surface area contributed by atoms with Gasteiger partial charge in [0.15, 0.2) is 0 Å². The van der Waals surface area contributed by atoms with E-state index in [0.717, 1.165) is 29.0 Å². The molecule has 0 bridgehead atoms. The highest BCUT2D eigenvalue weighted by Gasteiger charge is 2.53. The molecule has 0 aliphatic heterocycles. The largest absolute Gasteiger partial charge is 0.310 e. The third-order valence-corrected chi connectivity index (χ3v) is 14.3. The van der Waals surface area contributed by atoms with E-state index >= 15 is 0 Å². The Bertz CT molecular complexity index is 3360. The van der Waals surface area contributed by atoms with Gasteiger partial charge in [-0.3, -0.25) is 0 Å². The normalized spacial score (nSPS) is 15.5. The van der Waals surface area contributed by atoms with Crippen molar-refractivity contribution >= 4 is 17.1 Å². The fraction of sp³-hybridized carbons (Fsp3) is 0.0968. The smallest absolute Gasteiger partial charge is 0.0732 e. The molecule has 0 saturated heterocycles. The first-order valence-electron chi connectivity index (χ1n) is 22.2. The second-order valence-electron chi connectivity index (χ2n) is 17.9. The molecule has 0 fully saturated rings. The molecule has 1 spiro atoms. The van der Waals surface area contributed by atoms with Gasteiger partial charge in [0, 0.05) is 28.0 Å². The first-order valence-corrected chi connectivity index (χ1v) is 22.2. The van der Waals surface area contributed by atoms with Crippen LogP contribution in [0.15, 0.2) is 200 Å². The van der Waals surface area contributed by atoms with E-state index in [4.69, 9.17) is 6.42 Å². The summed E-state index contributed by atoms with van der Waals surface area (Å²) in [6, 6.07) is 74.6. The number of hydrogen-bond donors (Lipinski definition) is 0. The number of hydrogen-bond acceptors (Lipinski definition) is 1. The molecule has 0 radical (unpaired) electrons. The van der Waals surface area contributed by atoms with Crippen molar-refractivity contribution < 1.29 is 0 Å². The van der Waals surface area contributed by atoms with Crippen molar-refractivity contribution in [3.8, 4) is 68.0 Å². The Balaban J connectivity index is 1.08. The molecule has 3 aliphatic rings. The summed E-state index contributed by atoms with van der Waals surface area (Å²) in [6.07, 6.45) is 7.14. The zero-order valence-electron chi connectivity index (χ0n) is 35.8. The molecule has 1 atom stereocenters. The lowest BCUT2D eigenvalue weighted by Crippen LogP contribution is -2.27. The van der Waals surface area contributed by atoms with Crippen molar-refractivity contribution in [3.05, 3.63) is 245 Å². The molecule has 0 aromatic heterocycles. The van der Waals surface area contributed by atoms with Crippen molar-refractivity contribution in [2.24, 2.45) is 0 Å². The van der Waals surface area contributed by atoms with Crippen LogP contribution in [0, 0.1) is 12.3 Å². The van der Waals surface area contributed by atoms with Crippen LogP contribution in [-0.2, 0) is 17.3 Å². The molecule has 9 aromatic carbocycles. The van der Waals surface area contributed by atoms with Gasteiger partial charge >= 0.3 is 0 Å². The lowest BCUT2D eigenvalue weighted by molar-refractivity contribution is 0.660. The molecule has 1 heteroatoms. The van der Waals surface area contributed by atoms with Crippen LogP contribution in [0.3, 0.4) is 0 Å². The van der Waals surface area contributed by atoms with Crippen molar-refractivity contribution in [2.45, 2.75) is 38.0 Å². The zero-order valence-corrected chi connectivity index (χ0v) is 35.8. The predicted octanol–water partition coefficient (Wildman–Crippen LogP) is 15.7. The van der Waals surface area contributed by atoms with Crippen LogP contribution in [0.4, 0.5) is 17.1 Å². The maximum atomic E-state index is 6.18. The Labute approximate surface area is 371 Å².